The summed E-state index contributed by atoms with van der Waals surface area (Å²) >= 11 is 0. The minimum atomic E-state index is -0.178. The summed E-state index contributed by atoms with van der Waals surface area (Å²) in [6.07, 6.45) is 2.05. The lowest BCUT2D eigenvalue weighted by atomic mass is 9.99. The molecule has 5 nitrogen and oxygen atoms in total. The van der Waals surface area contributed by atoms with E-state index >= 15 is 0 Å². The highest BCUT2D eigenvalue weighted by Gasteiger charge is 2.13. The second-order valence-electron chi connectivity index (χ2n) is 5.04. The summed E-state index contributed by atoms with van der Waals surface area (Å²) in [6, 6.07) is 8.78. The number of nitrogens with one attached hydrogen (secondary N) is 1. The molecular formula is C16H22ClN3O2. The number of hydrogen-bond acceptors (Lipinski definition) is 4. The lowest BCUT2D eigenvalue weighted by Gasteiger charge is -2.06. The van der Waals surface area contributed by atoms with Crippen LogP contribution < -0.4 is 11.1 Å². The molecular weight excluding hydrogens is 302 g/mol. The van der Waals surface area contributed by atoms with E-state index < -0.39 is 0 Å². The van der Waals surface area contributed by atoms with Gasteiger partial charge in [-0.2, -0.15) is 0 Å². The molecule has 0 spiro atoms. The van der Waals surface area contributed by atoms with Gasteiger partial charge in [0, 0.05) is 23.2 Å². The van der Waals surface area contributed by atoms with E-state index in [1.165, 1.54) is 0 Å². The van der Waals surface area contributed by atoms with E-state index in [2.05, 4.69) is 24.3 Å². The number of hydrogen-bond donors (Lipinski definition) is 2. The number of benzene rings is 1. The first-order chi connectivity index (χ1) is 10.1. The van der Waals surface area contributed by atoms with Crippen LogP contribution in [0.25, 0.3) is 0 Å². The zero-order chi connectivity index (χ0) is 15.2. The molecule has 0 unspecified atom stereocenters. The number of aromatic nitrogens is 1. The second-order valence-corrected chi connectivity index (χ2v) is 5.04. The molecule has 0 bridgehead atoms. The number of carbonyl (C=O) groups excluding carboxylic acids is 1. The summed E-state index contributed by atoms with van der Waals surface area (Å²) in [6.45, 7) is 4.58. The van der Waals surface area contributed by atoms with Gasteiger partial charge in [0.1, 0.15) is 0 Å². The van der Waals surface area contributed by atoms with Crippen LogP contribution >= 0.6 is 12.4 Å². The Hall–Kier alpha value is -2.01. The fourth-order valence-electron chi connectivity index (χ4n) is 2.26. The molecule has 0 fully saturated rings. The Morgan fingerprint density at radius 1 is 1.32 bits per heavy atom. The van der Waals surface area contributed by atoms with Gasteiger partial charge in [-0.3, -0.25) is 4.79 Å². The summed E-state index contributed by atoms with van der Waals surface area (Å²) in [5.41, 5.74) is 7.72. The maximum Gasteiger partial charge on any atom is 0.251 e. The predicted molar refractivity (Wildman–Crippen MR) is 89.1 cm³/mol. The van der Waals surface area contributed by atoms with Crippen LogP contribution in [0.5, 0.6) is 0 Å². The van der Waals surface area contributed by atoms with Gasteiger partial charge in [0.15, 0.2) is 5.76 Å². The molecule has 0 saturated carbocycles. The molecule has 0 radical (unpaired) electrons. The van der Waals surface area contributed by atoms with E-state index in [0.717, 1.165) is 18.5 Å². The minimum Gasteiger partial charge on any atom is -0.399 e. The predicted octanol–water partition coefficient (Wildman–Crippen LogP) is 3.51. The van der Waals surface area contributed by atoms with E-state index in [1.807, 2.05) is 6.07 Å². The zero-order valence-corrected chi connectivity index (χ0v) is 13.7. The maximum absolute atomic E-state index is 12.0. The molecule has 3 N–H and O–H groups in total. The summed E-state index contributed by atoms with van der Waals surface area (Å²) in [7, 11) is 0. The van der Waals surface area contributed by atoms with Gasteiger partial charge in [0.05, 0.1) is 12.2 Å². The quantitative estimate of drug-likeness (QED) is 0.797. The highest BCUT2D eigenvalue weighted by molar-refractivity contribution is 5.94. The van der Waals surface area contributed by atoms with Gasteiger partial charge in [-0.25, -0.2) is 0 Å². The number of anilines is 1. The number of halogens is 1. The van der Waals surface area contributed by atoms with Crippen LogP contribution in [-0.2, 0) is 6.54 Å². The smallest absolute Gasteiger partial charge is 0.251 e. The average molecular weight is 324 g/mol. The average Bonchev–Trinajstić information content (AvgIpc) is 2.95. The van der Waals surface area contributed by atoms with Crippen molar-refractivity contribution in [2.75, 3.05) is 5.73 Å². The minimum absolute atomic E-state index is 0. The molecule has 1 aromatic carbocycles. The van der Waals surface area contributed by atoms with Crippen molar-refractivity contribution in [1.29, 1.82) is 0 Å². The molecule has 120 valence electrons. The Balaban J connectivity index is 0.00000242. The molecule has 0 aliphatic carbocycles. The fraction of sp³-hybridized carbons (Fsp3) is 0.375. The standard InChI is InChI=1S/C16H21N3O2.ClH/c1-3-11(4-2)15-9-14(21-19-15)10-18-16(20)12-6-5-7-13(17)8-12;/h5-9,11H,3-4,10,17H2,1-2H3,(H,18,20);1H. The summed E-state index contributed by atoms with van der Waals surface area (Å²) in [5.74, 6) is 0.893. The van der Waals surface area contributed by atoms with Crippen LogP contribution in [0.1, 0.15) is 54.4 Å². The highest BCUT2D eigenvalue weighted by atomic mass is 35.5. The Kier molecular flexibility index (Phi) is 6.92. The molecule has 0 atom stereocenters. The Labute approximate surface area is 136 Å². The molecule has 2 rings (SSSR count). The van der Waals surface area contributed by atoms with Crippen LogP contribution in [0, 0.1) is 0 Å². The normalized spacial score (nSPS) is 10.3. The number of carbonyl (C=O) groups is 1. The molecule has 1 amide bonds. The van der Waals surface area contributed by atoms with Gasteiger partial charge in [-0.1, -0.05) is 25.1 Å². The second kappa shape index (κ2) is 8.44. The van der Waals surface area contributed by atoms with Crippen molar-refractivity contribution >= 4 is 24.0 Å². The van der Waals surface area contributed by atoms with Crippen molar-refractivity contribution in [3.63, 3.8) is 0 Å². The maximum atomic E-state index is 12.0. The van der Waals surface area contributed by atoms with Crippen LogP contribution in [0.3, 0.4) is 0 Å². The molecule has 0 saturated heterocycles. The van der Waals surface area contributed by atoms with Gasteiger partial charge in [0.25, 0.3) is 5.91 Å². The molecule has 1 heterocycles. The summed E-state index contributed by atoms with van der Waals surface area (Å²) in [4.78, 5) is 12.0. The Bertz CT molecular complexity index is 609. The highest BCUT2D eigenvalue weighted by Crippen LogP contribution is 2.22. The number of nitrogens with zero attached hydrogens (tertiary/aromatic N) is 1. The van der Waals surface area contributed by atoms with Crippen molar-refractivity contribution in [2.45, 2.75) is 39.2 Å². The van der Waals surface area contributed by atoms with Gasteiger partial charge in [0.2, 0.25) is 0 Å². The fourth-order valence-corrected chi connectivity index (χ4v) is 2.26. The van der Waals surface area contributed by atoms with Crippen molar-refractivity contribution in [3.05, 3.63) is 47.3 Å². The SMILES string of the molecule is CCC(CC)c1cc(CNC(=O)c2cccc(N)c2)on1.Cl. The first kappa shape index (κ1) is 18.0. The summed E-state index contributed by atoms with van der Waals surface area (Å²) in [5, 5.41) is 6.88. The number of amides is 1. The summed E-state index contributed by atoms with van der Waals surface area (Å²) < 4.78 is 5.27. The number of nitrogens with two attached hydrogens (primary N) is 1. The molecule has 0 aliphatic rings. The third-order valence-electron chi connectivity index (χ3n) is 3.55. The van der Waals surface area contributed by atoms with Crippen molar-refractivity contribution < 1.29 is 9.32 Å². The third-order valence-corrected chi connectivity index (χ3v) is 3.55. The molecule has 22 heavy (non-hydrogen) atoms. The van der Waals surface area contributed by atoms with Crippen molar-refractivity contribution in [3.8, 4) is 0 Å². The van der Waals surface area contributed by atoms with Crippen molar-refractivity contribution in [1.82, 2.24) is 10.5 Å². The van der Waals surface area contributed by atoms with Crippen LogP contribution in [0.2, 0.25) is 0 Å². The molecule has 0 aliphatic heterocycles. The molecule has 6 heteroatoms. The molecule has 2 aromatic rings. The first-order valence-electron chi connectivity index (χ1n) is 7.23. The Morgan fingerprint density at radius 3 is 2.68 bits per heavy atom. The van der Waals surface area contributed by atoms with Gasteiger partial charge in [-0.05, 0) is 31.0 Å². The largest absolute Gasteiger partial charge is 0.399 e. The van der Waals surface area contributed by atoms with Crippen LogP contribution in [-0.4, -0.2) is 11.1 Å². The lowest BCUT2D eigenvalue weighted by molar-refractivity contribution is 0.0947. The molecule has 1 aromatic heterocycles. The van der Waals surface area contributed by atoms with E-state index in [9.17, 15) is 4.79 Å². The number of nitrogen functional groups attached to an aromatic ring is 1. The monoisotopic (exact) mass is 323 g/mol. The Morgan fingerprint density at radius 2 is 2.05 bits per heavy atom. The van der Waals surface area contributed by atoms with E-state index in [0.29, 0.717) is 29.5 Å². The van der Waals surface area contributed by atoms with Crippen molar-refractivity contribution in [2.24, 2.45) is 0 Å². The number of rotatable bonds is 6. The van der Waals surface area contributed by atoms with E-state index in [1.54, 1.807) is 24.3 Å². The van der Waals surface area contributed by atoms with Gasteiger partial charge >= 0.3 is 0 Å². The van der Waals surface area contributed by atoms with Gasteiger partial charge in [-0.15, -0.1) is 12.4 Å². The van der Waals surface area contributed by atoms with E-state index in [4.69, 9.17) is 10.3 Å². The zero-order valence-electron chi connectivity index (χ0n) is 12.8. The topological polar surface area (TPSA) is 81.2 Å². The lowest BCUT2D eigenvalue weighted by Crippen LogP contribution is -2.22. The third kappa shape index (κ3) is 4.49. The van der Waals surface area contributed by atoms with Gasteiger partial charge < -0.3 is 15.6 Å². The van der Waals surface area contributed by atoms with Crippen LogP contribution in [0.4, 0.5) is 5.69 Å². The van der Waals surface area contributed by atoms with E-state index in [-0.39, 0.29) is 18.3 Å². The first-order valence-corrected chi connectivity index (χ1v) is 7.23. The van der Waals surface area contributed by atoms with Crippen LogP contribution in [0.15, 0.2) is 34.9 Å².